The first kappa shape index (κ1) is 20.8. The van der Waals surface area contributed by atoms with Crippen LogP contribution in [0, 0.1) is 0 Å². The first-order chi connectivity index (χ1) is 14.8. The van der Waals surface area contributed by atoms with Crippen molar-refractivity contribution in [1.82, 2.24) is 9.97 Å². The van der Waals surface area contributed by atoms with Gasteiger partial charge < -0.3 is 10.4 Å². The van der Waals surface area contributed by atoms with E-state index >= 15 is 0 Å². The van der Waals surface area contributed by atoms with Crippen LogP contribution >= 0.6 is 15.9 Å². The molecule has 0 unspecified atom stereocenters. The Hall–Kier alpha value is -3.50. The fraction of sp³-hybridized carbons (Fsp3) is 0. The summed E-state index contributed by atoms with van der Waals surface area (Å²) in [4.78, 5) is 20.2. The molecule has 0 fully saturated rings. The second kappa shape index (κ2) is 8.32. The minimum Gasteiger partial charge on any atom is -0.478 e. The van der Waals surface area contributed by atoms with Gasteiger partial charge in [-0.15, -0.1) is 0 Å². The Kier molecular flexibility index (Phi) is 5.57. The molecule has 0 aliphatic rings. The van der Waals surface area contributed by atoms with Gasteiger partial charge in [-0.2, -0.15) is 0 Å². The highest BCUT2D eigenvalue weighted by Gasteiger charge is 2.19. The number of hydrogen-bond acceptors (Lipinski definition) is 6. The number of aromatic carboxylic acids is 1. The van der Waals surface area contributed by atoms with Crippen LogP contribution in [-0.4, -0.2) is 29.5 Å². The number of rotatable bonds is 6. The van der Waals surface area contributed by atoms with Crippen molar-refractivity contribution in [3.63, 3.8) is 0 Å². The molecule has 8 nitrogen and oxygen atoms in total. The van der Waals surface area contributed by atoms with E-state index in [0.717, 1.165) is 4.47 Å². The molecule has 0 spiro atoms. The van der Waals surface area contributed by atoms with E-state index in [1.54, 1.807) is 48.5 Å². The van der Waals surface area contributed by atoms with Gasteiger partial charge in [0, 0.05) is 10.2 Å². The van der Waals surface area contributed by atoms with Crippen LogP contribution in [0.1, 0.15) is 10.4 Å². The maximum absolute atomic E-state index is 12.9. The predicted octanol–water partition coefficient (Wildman–Crippen LogP) is 4.63. The number of nitrogens with one attached hydrogen (secondary N) is 2. The molecule has 156 valence electrons. The lowest BCUT2D eigenvalue weighted by molar-refractivity contribution is 0.0697. The molecule has 1 aromatic heterocycles. The van der Waals surface area contributed by atoms with Gasteiger partial charge in [-0.1, -0.05) is 34.1 Å². The molecule has 0 amide bonds. The van der Waals surface area contributed by atoms with Gasteiger partial charge >= 0.3 is 5.97 Å². The second-order valence-corrected chi connectivity index (χ2v) is 9.08. The van der Waals surface area contributed by atoms with Crippen LogP contribution in [0.25, 0.3) is 11.0 Å². The van der Waals surface area contributed by atoms with E-state index in [2.05, 4.69) is 35.9 Å². The van der Waals surface area contributed by atoms with E-state index in [1.807, 2.05) is 0 Å². The smallest absolute Gasteiger partial charge is 0.335 e. The van der Waals surface area contributed by atoms with E-state index in [4.69, 9.17) is 0 Å². The third kappa shape index (κ3) is 4.65. The lowest BCUT2D eigenvalue weighted by atomic mass is 10.2. The molecule has 0 aliphatic heterocycles. The van der Waals surface area contributed by atoms with Crippen molar-refractivity contribution in [3.8, 4) is 0 Å². The number of nitrogens with zero attached hydrogens (tertiary/aromatic N) is 2. The number of carbonyl (C=O) groups is 1. The summed E-state index contributed by atoms with van der Waals surface area (Å²) >= 11 is 3.28. The average Bonchev–Trinajstić information content (AvgIpc) is 2.74. The number of fused-ring (bicyclic) bond motifs is 1. The molecule has 0 bridgehead atoms. The highest BCUT2D eigenvalue weighted by Crippen LogP contribution is 2.27. The van der Waals surface area contributed by atoms with Crippen molar-refractivity contribution in [2.75, 3.05) is 10.0 Å². The molecule has 31 heavy (non-hydrogen) atoms. The van der Waals surface area contributed by atoms with Gasteiger partial charge in [0.15, 0.2) is 11.6 Å². The molecule has 1 heterocycles. The summed E-state index contributed by atoms with van der Waals surface area (Å²) in [6, 6.07) is 19.3. The molecular weight excluding hydrogens is 484 g/mol. The molecule has 0 aliphatic carbocycles. The number of halogens is 1. The zero-order chi connectivity index (χ0) is 22.0. The number of aromatic nitrogens is 2. The molecule has 10 heteroatoms. The quantitative estimate of drug-likeness (QED) is 0.354. The highest BCUT2D eigenvalue weighted by molar-refractivity contribution is 9.10. The Morgan fingerprint density at radius 1 is 0.871 bits per heavy atom. The number of benzene rings is 3. The zero-order valence-corrected chi connectivity index (χ0v) is 18.2. The van der Waals surface area contributed by atoms with Crippen molar-refractivity contribution in [2.24, 2.45) is 0 Å². The van der Waals surface area contributed by atoms with E-state index in [-0.39, 0.29) is 22.1 Å². The third-order valence-electron chi connectivity index (χ3n) is 4.30. The molecule has 4 rings (SSSR count). The third-order valence-corrected chi connectivity index (χ3v) is 6.18. The van der Waals surface area contributed by atoms with Crippen molar-refractivity contribution >= 4 is 60.3 Å². The average molecular weight is 499 g/mol. The number of carboxylic acid groups (broad SMARTS) is 1. The number of hydrogen-bond donors (Lipinski definition) is 3. The molecule has 0 saturated heterocycles. The number of para-hydroxylation sites is 2. The minimum absolute atomic E-state index is 0.0117. The normalized spacial score (nSPS) is 11.3. The molecule has 4 aromatic rings. The van der Waals surface area contributed by atoms with Gasteiger partial charge in [0.1, 0.15) is 0 Å². The van der Waals surface area contributed by atoms with E-state index in [1.165, 1.54) is 24.3 Å². The molecule has 0 radical (unpaired) electrons. The number of carboxylic acids is 1. The lowest BCUT2D eigenvalue weighted by Gasteiger charge is -2.14. The number of anilines is 3. The maximum atomic E-state index is 12.9. The van der Waals surface area contributed by atoms with Crippen LogP contribution in [0.4, 0.5) is 17.3 Å². The topological polar surface area (TPSA) is 121 Å². The van der Waals surface area contributed by atoms with Gasteiger partial charge in [0.05, 0.1) is 21.5 Å². The summed E-state index contributed by atoms with van der Waals surface area (Å²) in [5, 5.41) is 12.2. The predicted molar refractivity (Wildman–Crippen MR) is 121 cm³/mol. The van der Waals surface area contributed by atoms with Crippen LogP contribution in [0.15, 0.2) is 82.2 Å². The molecular formula is C21H15BrN4O4S. The molecule has 0 saturated carbocycles. The van der Waals surface area contributed by atoms with Crippen LogP contribution < -0.4 is 10.0 Å². The van der Waals surface area contributed by atoms with Crippen LogP contribution in [0.3, 0.4) is 0 Å². The zero-order valence-electron chi connectivity index (χ0n) is 15.8. The van der Waals surface area contributed by atoms with Crippen LogP contribution in [0.2, 0.25) is 0 Å². The maximum Gasteiger partial charge on any atom is 0.335 e. The van der Waals surface area contributed by atoms with Crippen molar-refractivity contribution in [2.45, 2.75) is 4.90 Å². The Balaban J connectivity index is 1.77. The lowest BCUT2D eigenvalue weighted by Crippen LogP contribution is -2.16. The monoisotopic (exact) mass is 498 g/mol. The molecule has 3 N–H and O–H groups in total. The highest BCUT2D eigenvalue weighted by atomic mass is 79.9. The summed E-state index contributed by atoms with van der Waals surface area (Å²) in [5.41, 5.74) is 1.55. The minimum atomic E-state index is -3.94. The van der Waals surface area contributed by atoms with Gasteiger partial charge in [0.2, 0.25) is 0 Å². The van der Waals surface area contributed by atoms with Gasteiger partial charge in [-0.05, 0) is 54.6 Å². The standard InChI is InChI=1S/C21H15BrN4O4S/c22-14-8-10-16(11-9-14)31(29,30)26-20-19(24-17-6-1-2-7-18(17)25-20)23-15-5-3-4-13(12-15)21(27)28/h1-12H,(H,23,24)(H,25,26)(H,27,28). The van der Waals surface area contributed by atoms with Gasteiger partial charge in [0.25, 0.3) is 10.0 Å². The van der Waals surface area contributed by atoms with Gasteiger partial charge in [-0.25, -0.2) is 23.2 Å². The summed E-state index contributed by atoms with van der Waals surface area (Å²) in [6.07, 6.45) is 0. The largest absolute Gasteiger partial charge is 0.478 e. The fourth-order valence-electron chi connectivity index (χ4n) is 2.83. The second-order valence-electron chi connectivity index (χ2n) is 6.48. The van der Waals surface area contributed by atoms with E-state index in [0.29, 0.717) is 16.7 Å². The Labute approximate surface area is 186 Å². The summed E-state index contributed by atoms with van der Waals surface area (Å²) in [7, 11) is -3.94. The van der Waals surface area contributed by atoms with Crippen LogP contribution in [0.5, 0.6) is 0 Å². The van der Waals surface area contributed by atoms with E-state index < -0.39 is 16.0 Å². The Morgan fingerprint density at radius 2 is 1.52 bits per heavy atom. The fourth-order valence-corrected chi connectivity index (χ4v) is 4.10. The van der Waals surface area contributed by atoms with Crippen molar-refractivity contribution in [3.05, 3.63) is 82.8 Å². The van der Waals surface area contributed by atoms with E-state index in [9.17, 15) is 18.3 Å². The SMILES string of the molecule is O=C(O)c1cccc(Nc2nc3ccccc3nc2NS(=O)(=O)c2ccc(Br)cc2)c1. The summed E-state index contributed by atoms with van der Waals surface area (Å²) < 4.78 is 29.0. The first-order valence-corrected chi connectivity index (χ1v) is 11.2. The summed E-state index contributed by atoms with van der Waals surface area (Å²) in [6.45, 7) is 0. The molecule has 3 aromatic carbocycles. The van der Waals surface area contributed by atoms with Gasteiger partial charge in [-0.3, -0.25) is 4.72 Å². The van der Waals surface area contributed by atoms with Crippen molar-refractivity contribution < 1.29 is 18.3 Å². The first-order valence-electron chi connectivity index (χ1n) is 8.97. The Bertz CT molecular complexity index is 1390. The summed E-state index contributed by atoms with van der Waals surface area (Å²) in [5.74, 6) is -0.950. The Morgan fingerprint density at radius 3 is 2.16 bits per heavy atom. The number of sulfonamides is 1. The van der Waals surface area contributed by atoms with Crippen LogP contribution in [-0.2, 0) is 10.0 Å². The van der Waals surface area contributed by atoms with Crippen molar-refractivity contribution in [1.29, 1.82) is 0 Å². The molecule has 0 atom stereocenters.